The molecule has 1 saturated carbocycles. The SMILES string of the molecule is Cc1nn(C)c(N(C)C2CCCC2)c1C(N)=NO. The molecule has 1 aromatic rings. The van der Waals surface area contributed by atoms with Crippen LogP contribution >= 0.6 is 0 Å². The fraction of sp³-hybridized carbons (Fsp3) is 0.667. The molecule has 1 fully saturated rings. The van der Waals surface area contributed by atoms with Crippen molar-refractivity contribution in [1.29, 1.82) is 0 Å². The van der Waals surface area contributed by atoms with E-state index in [2.05, 4.69) is 22.2 Å². The molecule has 2 rings (SSSR count). The molecule has 6 heteroatoms. The van der Waals surface area contributed by atoms with E-state index in [1.54, 1.807) is 4.68 Å². The smallest absolute Gasteiger partial charge is 0.175 e. The van der Waals surface area contributed by atoms with E-state index in [0.717, 1.165) is 17.1 Å². The highest BCUT2D eigenvalue weighted by Crippen LogP contribution is 2.30. The number of hydrogen-bond acceptors (Lipinski definition) is 4. The van der Waals surface area contributed by atoms with Crippen molar-refractivity contribution in [1.82, 2.24) is 9.78 Å². The van der Waals surface area contributed by atoms with Gasteiger partial charge >= 0.3 is 0 Å². The fourth-order valence-electron chi connectivity index (χ4n) is 2.86. The highest BCUT2D eigenvalue weighted by atomic mass is 16.4. The van der Waals surface area contributed by atoms with Crippen LogP contribution in [-0.4, -0.2) is 33.9 Å². The summed E-state index contributed by atoms with van der Waals surface area (Å²) in [4.78, 5) is 2.21. The molecule has 0 radical (unpaired) electrons. The van der Waals surface area contributed by atoms with Gasteiger partial charge in [0, 0.05) is 20.1 Å². The summed E-state index contributed by atoms with van der Waals surface area (Å²) >= 11 is 0. The van der Waals surface area contributed by atoms with Crippen LogP contribution in [0.3, 0.4) is 0 Å². The highest BCUT2D eigenvalue weighted by molar-refractivity contribution is 6.02. The number of nitrogens with two attached hydrogens (primary N) is 1. The van der Waals surface area contributed by atoms with Crippen LogP contribution < -0.4 is 10.6 Å². The monoisotopic (exact) mass is 251 g/mol. The number of rotatable bonds is 3. The topological polar surface area (TPSA) is 79.7 Å². The zero-order valence-corrected chi connectivity index (χ0v) is 11.2. The first-order valence-electron chi connectivity index (χ1n) is 6.30. The van der Waals surface area contributed by atoms with Crippen molar-refractivity contribution in [3.05, 3.63) is 11.3 Å². The van der Waals surface area contributed by atoms with Crippen molar-refractivity contribution in [2.75, 3.05) is 11.9 Å². The molecule has 0 aliphatic heterocycles. The van der Waals surface area contributed by atoms with Gasteiger partial charge in [-0.15, -0.1) is 0 Å². The van der Waals surface area contributed by atoms with E-state index in [-0.39, 0.29) is 5.84 Å². The molecule has 0 bridgehead atoms. The summed E-state index contributed by atoms with van der Waals surface area (Å²) in [5.41, 5.74) is 7.28. The standard InChI is InChI=1S/C12H21N5O/c1-8-10(11(13)15-18)12(17(3)14-8)16(2)9-6-4-5-7-9/h9,18H,4-7H2,1-3H3,(H2,13,15). The van der Waals surface area contributed by atoms with E-state index in [1.165, 1.54) is 25.7 Å². The number of oxime groups is 1. The Morgan fingerprint density at radius 2 is 2.11 bits per heavy atom. The molecule has 1 aliphatic carbocycles. The third kappa shape index (κ3) is 2.02. The van der Waals surface area contributed by atoms with Crippen LogP contribution in [0.15, 0.2) is 5.16 Å². The minimum Gasteiger partial charge on any atom is -0.409 e. The zero-order valence-electron chi connectivity index (χ0n) is 11.2. The molecule has 100 valence electrons. The summed E-state index contributed by atoms with van der Waals surface area (Å²) in [6, 6.07) is 0.519. The summed E-state index contributed by atoms with van der Waals surface area (Å²) in [5, 5.41) is 16.4. The lowest BCUT2D eigenvalue weighted by molar-refractivity contribution is 0.318. The van der Waals surface area contributed by atoms with Gasteiger partial charge < -0.3 is 15.8 Å². The largest absolute Gasteiger partial charge is 0.409 e. The van der Waals surface area contributed by atoms with Crippen LogP contribution in [0.25, 0.3) is 0 Å². The summed E-state index contributed by atoms with van der Waals surface area (Å²) in [6.07, 6.45) is 4.92. The third-order valence-corrected chi connectivity index (χ3v) is 3.76. The minimum atomic E-state index is 0.125. The number of aromatic nitrogens is 2. The van der Waals surface area contributed by atoms with E-state index in [0.29, 0.717) is 6.04 Å². The van der Waals surface area contributed by atoms with Gasteiger partial charge in [0.05, 0.1) is 11.3 Å². The number of nitrogens with zero attached hydrogens (tertiary/aromatic N) is 4. The number of amidine groups is 1. The molecule has 0 aromatic carbocycles. The van der Waals surface area contributed by atoms with Gasteiger partial charge in [0.25, 0.3) is 0 Å². The first-order valence-corrected chi connectivity index (χ1v) is 6.30. The molecule has 0 saturated heterocycles. The maximum Gasteiger partial charge on any atom is 0.175 e. The quantitative estimate of drug-likeness (QED) is 0.366. The Hall–Kier alpha value is -1.72. The second kappa shape index (κ2) is 4.88. The lowest BCUT2D eigenvalue weighted by atomic mass is 10.1. The second-order valence-corrected chi connectivity index (χ2v) is 4.94. The Kier molecular flexibility index (Phi) is 3.45. The first kappa shape index (κ1) is 12.7. The zero-order chi connectivity index (χ0) is 13.3. The molecule has 1 aliphatic rings. The van der Waals surface area contributed by atoms with E-state index < -0.39 is 0 Å². The molecule has 18 heavy (non-hydrogen) atoms. The van der Waals surface area contributed by atoms with Crippen molar-refractivity contribution in [3.63, 3.8) is 0 Å². The van der Waals surface area contributed by atoms with E-state index in [9.17, 15) is 0 Å². The Balaban J connectivity index is 2.42. The van der Waals surface area contributed by atoms with E-state index >= 15 is 0 Å². The van der Waals surface area contributed by atoms with Gasteiger partial charge in [0.1, 0.15) is 5.82 Å². The molecular formula is C12H21N5O. The molecule has 6 nitrogen and oxygen atoms in total. The van der Waals surface area contributed by atoms with Gasteiger partial charge in [0.2, 0.25) is 0 Å². The van der Waals surface area contributed by atoms with Crippen LogP contribution in [0.1, 0.15) is 36.9 Å². The van der Waals surface area contributed by atoms with Crippen molar-refractivity contribution in [2.45, 2.75) is 38.6 Å². The maximum atomic E-state index is 8.90. The van der Waals surface area contributed by atoms with Crippen molar-refractivity contribution in [2.24, 2.45) is 17.9 Å². The summed E-state index contributed by atoms with van der Waals surface area (Å²) in [6.45, 7) is 1.87. The van der Waals surface area contributed by atoms with Gasteiger partial charge in [-0.05, 0) is 19.8 Å². The Bertz CT molecular complexity index is 459. The molecule has 3 N–H and O–H groups in total. The van der Waals surface area contributed by atoms with Crippen LogP contribution in [0.4, 0.5) is 5.82 Å². The molecule has 0 unspecified atom stereocenters. The fourth-order valence-corrected chi connectivity index (χ4v) is 2.86. The Labute approximate surface area is 107 Å². The lowest BCUT2D eigenvalue weighted by Crippen LogP contribution is -2.32. The average Bonchev–Trinajstić information content (AvgIpc) is 2.95. The van der Waals surface area contributed by atoms with Crippen LogP contribution in [0.5, 0.6) is 0 Å². The molecule has 0 spiro atoms. The van der Waals surface area contributed by atoms with Crippen molar-refractivity contribution >= 4 is 11.7 Å². The van der Waals surface area contributed by atoms with Gasteiger partial charge in [-0.3, -0.25) is 4.68 Å². The van der Waals surface area contributed by atoms with Crippen molar-refractivity contribution < 1.29 is 5.21 Å². The Morgan fingerprint density at radius 1 is 1.50 bits per heavy atom. The average molecular weight is 251 g/mol. The molecule has 1 aromatic heterocycles. The van der Waals surface area contributed by atoms with Crippen molar-refractivity contribution in [3.8, 4) is 0 Å². The minimum absolute atomic E-state index is 0.125. The summed E-state index contributed by atoms with van der Waals surface area (Å²) < 4.78 is 1.81. The molecular weight excluding hydrogens is 230 g/mol. The summed E-state index contributed by atoms with van der Waals surface area (Å²) in [7, 11) is 3.95. The van der Waals surface area contributed by atoms with Gasteiger partial charge in [-0.25, -0.2) is 0 Å². The van der Waals surface area contributed by atoms with Crippen LogP contribution in [0, 0.1) is 6.92 Å². The number of anilines is 1. The summed E-state index contributed by atoms with van der Waals surface area (Å²) in [5.74, 6) is 1.05. The lowest BCUT2D eigenvalue weighted by Gasteiger charge is -2.27. The third-order valence-electron chi connectivity index (χ3n) is 3.76. The maximum absolute atomic E-state index is 8.90. The first-order chi connectivity index (χ1) is 8.56. The predicted octanol–water partition coefficient (Wildman–Crippen LogP) is 1.20. The number of aryl methyl sites for hydroxylation is 2. The van der Waals surface area contributed by atoms with Crippen LogP contribution in [-0.2, 0) is 7.05 Å². The second-order valence-electron chi connectivity index (χ2n) is 4.94. The molecule has 0 atom stereocenters. The molecule has 0 amide bonds. The van der Waals surface area contributed by atoms with E-state index in [1.807, 2.05) is 14.0 Å². The van der Waals surface area contributed by atoms with Crippen LogP contribution in [0.2, 0.25) is 0 Å². The predicted molar refractivity (Wildman–Crippen MR) is 71.1 cm³/mol. The van der Waals surface area contributed by atoms with Gasteiger partial charge in [-0.2, -0.15) is 5.10 Å². The molecule has 1 heterocycles. The van der Waals surface area contributed by atoms with Gasteiger partial charge in [0.15, 0.2) is 5.84 Å². The highest BCUT2D eigenvalue weighted by Gasteiger charge is 2.26. The number of hydrogen-bond donors (Lipinski definition) is 2. The van der Waals surface area contributed by atoms with Gasteiger partial charge in [-0.1, -0.05) is 18.0 Å². The normalized spacial score (nSPS) is 17.4. The van der Waals surface area contributed by atoms with E-state index in [4.69, 9.17) is 10.9 Å². The Morgan fingerprint density at radius 3 is 2.67 bits per heavy atom.